The monoisotopic (exact) mass is 445 g/mol. The number of halogens is 1. The van der Waals surface area contributed by atoms with E-state index in [0.29, 0.717) is 10.7 Å². The van der Waals surface area contributed by atoms with Crippen molar-refractivity contribution in [1.82, 2.24) is 0 Å². The zero-order valence-corrected chi connectivity index (χ0v) is 19.6. The summed E-state index contributed by atoms with van der Waals surface area (Å²) in [6.45, 7) is 3.70. The molecule has 2 nitrogen and oxygen atoms in total. The topological polar surface area (TPSA) is 46.2 Å². The van der Waals surface area contributed by atoms with Crippen LogP contribution in [0.2, 0.25) is 5.02 Å². The molecule has 166 valence electrons. The van der Waals surface area contributed by atoms with E-state index in [0.717, 1.165) is 36.8 Å². The van der Waals surface area contributed by atoms with Crippen molar-refractivity contribution in [3.8, 4) is 0 Å². The van der Waals surface area contributed by atoms with Crippen LogP contribution in [0.5, 0.6) is 0 Å². The van der Waals surface area contributed by atoms with Crippen molar-refractivity contribution in [2.45, 2.75) is 45.1 Å². The fourth-order valence-corrected chi connectivity index (χ4v) is 4.03. The molecule has 0 bridgehead atoms. The van der Waals surface area contributed by atoms with Crippen LogP contribution in [-0.4, -0.2) is 5.11 Å². The molecular weight excluding hydrogens is 414 g/mol. The molecule has 0 aliphatic rings. The minimum Gasteiger partial charge on any atom is -0.398 e. The van der Waals surface area contributed by atoms with Crippen LogP contribution in [0.15, 0.2) is 78.9 Å². The maximum Gasteiger partial charge on any atom is 0.0843 e. The summed E-state index contributed by atoms with van der Waals surface area (Å²) in [5.74, 6) is 0. The summed E-state index contributed by atoms with van der Waals surface area (Å²) in [7, 11) is 0. The van der Waals surface area contributed by atoms with Crippen molar-refractivity contribution in [3.05, 3.63) is 112 Å². The van der Waals surface area contributed by atoms with E-state index in [9.17, 15) is 5.11 Å². The van der Waals surface area contributed by atoms with Crippen LogP contribution in [0.25, 0.3) is 12.2 Å². The first-order chi connectivity index (χ1) is 15.3. The van der Waals surface area contributed by atoms with Gasteiger partial charge in [-0.25, -0.2) is 0 Å². The predicted molar refractivity (Wildman–Crippen MR) is 139 cm³/mol. The number of benzene rings is 3. The predicted octanol–water partition coefficient (Wildman–Crippen LogP) is 7.44. The molecule has 0 saturated heterocycles. The molecule has 0 spiro atoms. The highest BCUT2D eigenvalue weighted by atomic mass is 35.5. The number of nitrogens with two attached hydrogens (primary N) is 1. The largest absolute Gasteiger partial charge is 0.398 e. The maximum atomic E-state index is 10.4. The second-order valence-corrected chi connectivity index (χ2v) is 9.06. The molecule has 0 unspecified atom stereocenters. The van der Waals surface area contributed by atoms with E-state index in [1.54, 1.807) is 6.07 Å². The average molecular weight is 446 g/mol. The normalized spacial score (nSPS) is 12.1. The van der Waals surface area contributed by atoms with Gasteiger partial charge in [-0.1, -0.05) is 90.5 Å². The third kappa shape index (κ3) is 7.12. The van der Waals surface area contributed by atoms with Gasteiger partial charge < -0.3 is 10.8 Å². The third-order valence-corrected chi connectivity index (χ3v) is 5.70. The summed E-state index contributed by atoms with van der Waals surface area (Å²) in [6, 6.07) is 22.4. The number of nitrogen functional groups attached to an aromatic ring is 1. The van der Waals surface area contributed by atoms with Gasteiger partial charge in [-0.05, 0) is 79.5 Å². The Morgan fingerprint density at radius 3 is 2.47 bits per heavy atom. The Morgan fingerprint density at radius 2 is 1.69 bits per heavy atom. The van der Waals surface area contributed by atoms with Gasteiger partial charge in [-0.2, -0.15) is 0 Å². The first-order valence-electron chi connectivity index (χ1n) is 11.1. The van der Waals surface area contributed by atoms with Crippen molar-refractivity contribution in [2.24, 2.45) is 0 Å². The minimum atomic E-state index is -0.810. The number of aryl methyl sites for hydroxylation is 2. The number of anilines is 1. The SMILES string of the molecule is CC(C)(O)c1ccccc1CCCc1cccc(/C=C/C/C=C\c2ccc(Cl)cc2N)c1. The second kappa shape index (κ2) is 11.2. The molecule has 0 radical (unpaired) electrons. The zero-order valence-electron chi connectivity index (χ0n) is 18.9. The third-order valence-electron chi connectivity index (χ3n) is 5.47. The van der Waals surface area contributed by atoms with Gasteiger partial charge >= 0.3 is 0 Å². The molecule has 0 atom stereocenters. The van der Waals surface area contributed by atoms with E-state index in [4.69, 9.17) is 17.3 Å². The quantitative estimate of drug-likeness (QED) is 0.336. The number of hydrogen-bond donors (Lipinski definition) is 2. The number of rotatable bonds is 9. The Labute approximate surface area is 197 Å². The fourth-order valence-electron chi connectivity index (χ4n) is 3.85. The Hall–Kier alpha value is -2.81. The average Bonchev–Trinajstić information content (AvgIpc) is 2.75. The lowest BCUT2D eigenvalue weighted by Gasteiger charge is -2.21. The summed E-state index contributed by atoms with van der Waals surface area (Å²) in [4.78, 5) is 0. The lowest BCUT2D eigenvalue weighted by molar-refractivity contribution is 0.0776. The van der Waals surface area contributed by atoms with E-state index >= 15 is 0 Å². The molecule has 3 rings (SSSR count). The molecule has 0 amide bonds. The van der Waals surface area contributed by atoms with Crippen LogP contribution in [-0.2, 0) is 18.4 Å². The Morgan fingerprint density at radius 1 is 0.906 bits per heavy atom. The highest BCUT2D eigenvalue weighted by molar-refractivity contribution is 6.30. The van der Waals surface area contributed by atoms with E-state index in [1.807, 2.05) is 50.3 Å². The van der Waals surface area contributed by atoms with E-state index in [-0.39, 0.29) is 0 Å². The second-order valence-electron chi connectivity index (χ2n) is 8.63. The standard InChI is InChI=1S/C29H32ClNO/c1-29(2,32)27-17-7-6-14-24(27)16-9-13-23-12-8-11-22(20-23)10-4-3-5-15-25-18-19-26(30)21-28(25)31/h4-8,10-12,14-15,17-21,32H,3,9,13,16,31H2,1-2H3/b10-4+,15-5-. The number of aliphatic hydroxyl groups is 1. The maximum absolute atomic E-state index is 10.4. The van der Waals surface area contributed by atoms with Crippen LogP contribution in [0.1, 0.15) is 54.5 Å². The highest BCUT2D eigenvalue weighted by Crippen LogP contribution is 2.25. The molecular formula is C29H32ClNO. The van der Waals surface area contributed by atoms with Crippen LogP contribution in [0, 0.1) is 0 Å². The molecule has 0 fully saturated rings. The minimum absolute atomic E-state index is 0.654. The van der Waals surface area contributed by atoms with Crippen molar-refractivity contribution in [3.63, 3.8) is 0 Å². The summed E-state index contributed by atoms with van der Waals surface area (Å²) in [6.07, 6.45) is 12.3. The molecule has 3 aromatic rings. The molecule has 0 saturated carbocycles. The van der Waals surface area contributed by atoms with E-state index < -0.39 is 5.60 Å². The summed E-state index contributed by atoms with van der Waals surface area (Å²) in [5, 5.41) is 11.1. The van der Waals surface area contributed by atoms with Crippen LogP contribution >= 0.6 is 11.6 Å². The van der Waals surface area contributed by atoms with Gasteiger partial charge in [0.25, 0.3) is 0 Å². The summed E-state index contributed by atoms with van der Waals surface area (Å²) < 4.78 is 0. The lowest BCUT2D eigenvalue weighted by atomic mass is 9.90. The van der Waals surface area contributed by atoms with Gasteiger partial charge in [0, 0.05) is 10.7 Å². The summed E-state index contributed by atoms with van der Waals surface area (Å²) in [5.41, 5.74) is 11.6. The first kappa shape index (κ1) is 23.8. The summed E-state index contributed by atoms with van der Waals surface area (Å²) >= 11 is 5.94. The van der Waals surface area contributed by atoms with Crippen molar-refractivity contribution in [2.75, 3.05) is 5.73 Å². The highest BCUT2D eigenvalue weighted by Gasteiger charge is 2.18. The molecule has 32 heavy (non-hydrogen) atoms. The Kier molecular flexibility index (Phi) is 8.33. The Bertz CT molecular complexity index is 1090. The van der Waals surface area contributed by atoms with Gasteiger partial charge in [-0.15, -0.1) is 0 Å². The fraction of sp³-hybridized carbons (Fsp3) is 0.241. The van der Waals surface area contributed by atoms with Gasteiger partial charge in [0.1, 0.15) is 0 Å². The number of hydrogen-bond acceptors (Lipinski definition) is 2. The lowest BCUT2D eigenvalue weighted by Crippen LogP contribution is -2.18. The molecule has 0 aliphatic carbocycles. The van der Waals surface area contributed by atoms with Crippen molar-refractivity contribution < 1.29 is 5.11 Å². The van der Waals surface area contributed by atoms with Gasteiger partial charge in [0.2, 0.25) is 0 Å². The molecule has 3 N–H and O–H groups in total. The molecule has 0 heterocycles. The van der Waals surface area contributed by atoms with Crippen molar-refractivity contribution >= 4 is 29.4 Å². The van der Waals surface area contributed by atoms with E-state index in [1.165, 1.54) is 16.7 Å². The van der Waals surface area contributed by atoms with Crippen LogP contribution < -0.4 is 5.73 Å². The Balaban J connectivity index is 1.53. The first-order valence-corrected chi connectivity index (χ1v) is 11.5. The number of allylic oxidation sites excluding steroid dienone is 2. The van der Waals surface area contributed by atoms with Gasteiger partial charge in [0.15, 0.2) is 0 Å². The molecule has 3 heteroatoms. The van der Waals surface area contributed by atoms with Gasteiger partial charge in [-0.3, -0.25) is 0 Å². The van der Waals surface area contributed by atoms with Crippen LogP contribution in [0.4, 0.5) is 5.69 Å². The smallest absolute Gasteiger partial charge is 0.0843 e. The van der Waals surface area contributed by atoms with Crippen molar-refractivity contribution in [1.29, 1.82) is 0 Å². The zero-order chi connectivity index (χ0) is 23.0. The van der Waals surface area contributed by atoms with Gasteiger partial charge in [0.05, 0.1) is 5.60 Å². The van der Waals surface area contributed by atoms with Crippen LogP contribution in [0.3, 0.4) is 0 Å². The van der Waals surface area contributed by atoms with E-state index in [2.05, 4.69) is 48.6 Å². The molecule has 0 aromatic heterocycles. The molecule has 0 aliphatic heterocycles. The molecule has 3 aromatic carbocycles.